The molecule has 20 heavy (non-hydrogen) atoms. The van der Waals surface area contributed by atoms with Gasteiger partial charge in [-0.2, -0.15) is 0 Å². The van der Waals surface area contributed by atoms with E-state index in [2.05, 4.69) is 5.16 Å². The monoisotopic (exact) mass is 284 g/mol. The molecule has 0 bridgehead atoms. The van der Waals surface area contributed by atoms with E-state index in [-0.39, 0.29) is 31.4 Å². The van der Waals surface area contributed by atoms with Crippen molar-refractivity contribution >= 4 is 11.9 Å². The Labute approximate surface area is 117 Å². The number of rotatable bonds is 8. The van der Waals surface area contributed by atoms with Gasteiger partial charge in [0.15, 0.2) is 11.5 Å². The van der Waals surface area contributed by atoms with Gasteiger partial charge < -0.3 is 18.9 Å². The van der Waals surface area contributed by atoms with Gasteiger partial charge in [0, 0.05) is 19.7 Å². The molecule has 0 saturated heterocycles. The third-order valence-electron chi connectivity index (χ3n) is 2.47. The predicted octanol–water partition coefficient (Wildman–Crippen LogP) is 1.24. The summed E-state index contributed by atoms with van der Waals surface area (Å²) < 4.78 is 14.7. The van der Waals surface area contributed by atoms with Crippen LogP contribution in [0.3, 0.4) is 0 Å². The molecule has 0 unspecified atom stereocenters. The van der Waals surface area contributed by atoms with Crippen molar-refractivity contribution in [1.29, 1.82) is 0 Å². The number of hydrogen-bond acceptors (Lipinski definition) is 6. The maximum absolute atomic E-state index is 12.2. The van der Waals surface area contributed by atoms with E-state index in [4.69, 9.17) is 14.0 Å². The first-order valence-corrected chi connectivity index (χ1v) is 6.51. The quantitative estimate of drug-likeness (QED) is 0.668. The van der Waals surface area contributed by atoms with Gasteiger partial charge in [-0.05, 0) is 13.3 Å². The minimum absolute atomic E-state index is 0.0903. The van der Waals surface area contributed by atoms with Crippen LogP contribution in [0, 0.1) is 0 Å². The Bertz CT molecular complexity index is 444. The predicted molar refractivity (Wildman–Crippen MR) is 70.0 cm³/mol. The Balaban J connectivity index is 2.73. The molecule has 0 radical (unpaired) electrons. The Kier molecular flexibility index (Phi) is 6.72. The molecule has 0 fully saturated rings. The van der Waals surface area contributed by atoms with Gasteiger partial charge in [0.2, 0.25) is 0 Å². The van der Waals surface area contributed by atoms with Crippen molar-refractivity contribution in [3.8, 4) is 0 Å². The zero-order valence-electron chi connectivity index (χ0n) is 12.0. The summed E-state index contributed by atoms with van der Waals surface area (Å²) in [6, 6.07) is 1.51. The molecule has 0 aliphatic rings. The lowest BCUT2D eigenvalue weighted by atomic mass is 10.3. The molecule has 1 aromatic heterocycles. The van der Waals surface area contributed by atoms with Crippen molar-refractivity contribution in [2.24, 2.45) is 0 Å². The summed E-state index contributed by atoms with van der Waals surface area (Å²) in [6.07, 6.45) is 0.730. The molecule has 0 saturated carbocycles. The van der Waals surface area contributed by atoms with Crippen LogP contribution < -0.4 is 0 Å². The van der Waals surface area contributed by atoms with Gasteiger partial charge in [0.1, 0.15) is 13.2 Å². The summed E-state index contributed by atoms with van der Waals surface area (Å²) in [5, 5.41) is 3.69. The van der Waals surface area contributed by atoms with Gasteiger partial charge in [0.25, 0.3) is 5.91 Å². The van der Waals surface area contributed by atoms with E-state index in [0.717, 1.165) is 6.42 Å². The summed E-state index contributed by atoms with van der Waals surface area (Å²) in [4.78, 5) is 25.1. The van der Waals surface area contributed by atoms with Gasteiger partial charge in [-0.15, -0.1) is 0 Å². The molecule has 0 aliphatic heterocycles. The summed E-state index contributed by atoms with van der Waals surface area (Å²) >= 11 is 0. The lowest BCUT2D eigenvalue weighted by molar-refractivity contribution is -0.143. The zero-order chi connectivity index (χ0) is 15.0. The number of nitrogens with zero attached hydrogens (tertiary/aromatic N) is 2. The van der Waals surface area contributed by atoms with Gasteiger partial charge in [0.05, 0.1) is 6.61 Å². The Morgan fingerprint density at radius 3 is 2.75 bits per heavy atom. The van der Waals surface area contributed by atoms with Gasteiger partial charge in [-0.25, -0.2) is 0 Å². The highest BCUT2D eigenvalue weighted by atomic mass is 16.5. The van der Waals surface area contributed by atoms with Crippen LogP contribution in [-0.4, -0.2) is 48.7 Å². The highest BCUT2D eigenvalue weighted by molar-refractivity contribution is 5.94. The topological polar surface area (TPSA) is 81.9 Å². The highest BCUT2D eigenvalue weighted by Gasteiger charge is 2.22. The van der Waals surface area contributed by atoms with Gasteiger partial charge >= 0.3 is 5.97 Å². The molecule has 1 rings (SSSR count). The Morgan fingerprint density at radius 1 is 1.40 bits per heavy atom. The minimum atomic E-state index is -0.435. The average Bonchev–Trinajstić information content (AvgIpc) is 2.87. The number of aromatic nitrogens is 1. The molecule has 112 valence electrons. The standard InChI is InChI=1S/C13H20N2O5/c1-4-6-15(8-12(16)19-5-2)13(17)11-7-10(9-18-3)20-14-11/h7H,4-6,8-9H2,1-3H3. The third kappa shape index (κ3) is 4.65. The third-order valence-corrected chi connectivity index (χ3v) is 2.47. The number of carbonyl (C=O) groups is 2. The summed E-state index contributed by atoms with van der Waals surface area (Å²) in [5.74, 6) is -0.329. The number of hydrogen-bond donors (Lipinski definition) is 0. The van der Waals surface area contributed by atoms with Crippen molar-refractivity contribution in [1.82, 2.24) is 10.1 Å². The van der Waals surface area contributed by atoms with Crippen LogP contribution in [0.2, 0.25) is 0 Å². The van der Waals surface area contributed by atoms with Crippen LogP contribution in [0.25, 0.3) is 0 Å². The average molecular weight is 284 g/mol. The fraction of sp³-hybridized carbons (Fsp3) is 0.615. The van der Waals surface area contributed by atoms with E-state index in [0.29, 0.717) is 12.3 Å². The van der Waals surface area contributed by atoms with Crippen LogP contribution in [0.5, 0.6) is 0 Å². The molecule has 1 aromatic rings. The number of amides is 1. The SMILES string of the molecule is CCCN(CC(=O)OCC)C(=O)c1cc(COC)on1. The number of methoxy groups -OCH3 is 1. The normalized spacial score (nSPS) is 10.3. The Morgan fingerprint density at radius 2 is 2.15 bits per heavy atom. The molecule has 0 atom stereocenters. The second kappa shape index (κ2) is 8.31. The van der Waals surface area contributed by atoms with E-state index in [1.54, 1.807) is 6.92 Å². The maximum Gasteiger partial charge on any atom is 0.325 e. The lowest BCUT2D eigenvalue weighted by Gasteiger charge is -2.19. The molecular weight excluding hydrogens is 264 g/mol. The number of esters is 1. The van der Waals surface area contributed by atoms with E-state index >= 15 is 0 Å². The molecular formula is C13H20N2O5. The van der Waals surface area contributed by atoms with Crippen LogP contribution in [0.1, 0.15) is 36.5 Å². The van der Waals surface area contributed by atoms with Crippen molar-refractivity contribution in [3.05, 3.63) is 17.5 Å². The fourth-order valence-electron chi connectivity index (χ4n) is 1.67. The van der Waals surface area contributed by atoms with Crippen LogP contribution in [-0.2, 0) is 20.9 Å². The van der Waals surface area contributed by atoms with Crippen molar-refractivity contribution in [2.45, 2.75) is 26.9 Å². The second-order valence-electron chi connectivity index (χ2n) is 4.14. The number of ether oxygens (including phenoxy) is 2. The van der Waals surface area contributed by atoms with Crippen molar-refractivity contribution in [3.63, 3.8) is 0 Å². The van der Waals surface area contributed by atoms with Crippen LogP contribution >= 0.6 is 0 Å². The number of carbonyl (C=O) groups excluding carboxylic acids is 2. The molecule has 0 aromatic carbocycles. The molecule has 7 heteroatoms. The first kappa shape index (κ1) is 16.2. The minimum Gasteiger partial charge on any atom is -0.465 e. The smallest absolute Gasteiger partial charge is 0.325 e. The summed E-state index contributed by atoms with van der Waals surface area (Å²) in [6.45, 7) is 4.53. The lowest BCUT2D eigenvalue weighted by Crippen LogP contribution is -2.37. The highest BCUT2D eigenvalue weighted by Crippen LogP contribution is 2.09. The Hall–Kier alpha value is -1.89. The fourth-order valence-corrected chi connectivity index (χ4v) is 1.67. The van der Waals surface area contributed by atoms with Crippen molar-refractivity contribution < 1.29 is 23.6 Å². The van der Waals surface area contributed by atoms with Crippen LogP contribution in [0.15, 0.2) is 10.6 Å². The molecule has 1 amide bonds. The van der Waals surface area contributed by atoms with Gasteiger partial charge in [-0.1, -0.05) is 12.1 Å². The first-order valence-electron chi connectivity index (χ1n) is 6.51. The van der Waals surface area contributed by atoms with E-state index in [9.17, 15) is 9.59 Å². The van der Waals surface area contributed by atoms with Gasteiger partial charge in [-0.3, -0.25) is 9.59 Å². The second-order valence-corrected chi connectivity index (χ2v) is 4.14. The van der Waals surface area contributed by atoms with Crippen LogP contribution in [0.4, 0.5) is 0 Å². The van der Waals surface area contributed by atoms with E-state index in [1.165, 1.54) is 18.1 Å². The molecule has 1 heterocycles. The molecule has 0 N–H and O–H groups in total. The largest absolute Gasteiger partial charge is 0.465 e. The summed E-state index contributed by atoms with van der Waals surface area (Å²) in [5.41, 5.74) is 0.162. The molecule has 0 spiro atoms. The molecule has 0 aliphatic carbocycles. The summed E-state index contributed by atoms with van der Waals surface area (Å²) in [7, 11) is 1.52. The maximum atomic E-state index is 12.2. The van der Waals surface area contributed by atoms with E-state index in [1.807, 2.05) is 6.92 Å². The van der Waals surface area contributed by atoms with Crippen molar-refractivity contribution in [2.75, 3.05) is 26.8 Å². The van der Waals surface area contributed by atoms with E-state index < -0.39 is 5.97 Å². The zero-order valence-corrected chi connectivity index (χ0v) is 12.0. The molecule has 7 nitrogen and oxygen atoms in total. The first-order chi connectivity index (χ1) is 9.62.